The van der Waals surface area contributed by atoms with Crippen LogP contribution in [0, 0.1) is 0 Å². The standard InChI is InChI=1S/C16H26O5/c1-3-16(17)14-4-6-15(7-5-14)21-13-12-20-11-10-19-9-8-18-2/h4-7,16-17H,3,8-13H2,1-2H3. The average molecular weight is 298 g/mol. The molecule has 1 N–H and O–H groups in total. The minimum absolute atomic E-state index is 0.402. The molecule has 1 atom stereocenters. The Morgan fingerprint density at radius 2 is 1.48 bits per heavy atom. The highest BCUT2D eigenvalue weighted by molar-refractivity contribution is 5.28. The third-order valence-corrected chi connectivity index (χ3v) is 2.95. The summed E-state index contributed by atoms with van der Waals surface area (Å²) in [4.78, 5) is 0. The van der Waals surface area contributed by atoms with Crippen molar-refractivity contribution < 1.29 is 24.1 Å². The fraction of sp³-hybridized carbons (Fsp3) is 0.625. The van der Waals surface area contributed by atoms with Crippen molar-refractivity contribution in [2.75, 3.05) is 46.8 Å². The highest BCUT2D eigenvalue weighted by atomic mass is 16.6. The van der Waals surface area contributed by atoms with Crippen molar-refractivity contribution in [1.29, 1.82) is 0 Å². The maximum absolute atomic E-state index is 9.69. The van der Waals surface area contributed by atoms with Crippen LogP contribution in [0.2, 0.25) is 0 Å². The van der Waals surface area contributed by atoms with Crippen molar-refractivity contribution in [3.8, 4) is 5.75 Å². The second-order valence-electron chi connectivity index (χ2n) is 4.56. The second-order valence-corrected chi connectivity index (χ2v) is 4.56. The summed E-state index contributed by atoms with van der Waals surface area (Å²) in [5.41, 5.74) is 0.911. The zero-order chi connectivity index (χ0) is 15.3. The molecule has 0 heterocycles. The zero-order valence-electron chi connectivity index (χ0n) is 12.9. The number of ether oxygens (including phenoxy) is 4. The van der Waals surface area contributed by atoms with Gasteiger partial charge in [0.1, 0.15) is 12.4 Å². The van der Waals surface area contributed by atoms with Crippen molar-refractivity contribution in [1.82, 2.24) is 0 Å². The van der Waals surface area contributed by atoms with Gasteiger partial charge in [-0.1, -0.05) is 19.1 Å². The van der Waals surface area contributed by atoms with Crippen LogP contribution in [0.1, 0.15) is 25.0 Å². The van der Waals surface area contributed by atoms with Crippen molar-refractivity contribution >= 4 is 0 Å². The van der Waals surface area contributed by atoms with Crippen LogP contribution < -0.4 is 4.74 Å². The molecular weight excluding hydrogens is 272 g/mol. The number of hydrogen-bond donors (Lipinski definition) is 1. The zero-order valence-corrected chi connectivity index (χ0v) is 12.9. The molecule has 0 spiro atoms. The number of methoxy groups -OCH3 is 1. The molecule has 0 bridgehead atoms. The van der Waals surface area contributed by atoms with Crippen LogP contribution in [0.5, 0.6) is 5.75 Å². The quantitative estimate of drug-likeness (QED) is 0.599. The summed E-state index contributed by atoms with van der Waals surface area (Å²) < 4.78 is 21.1. The minimum Gasteiger partial charge on any atom is -0.491 e. The summed E-state index contributed by atoms with van der Waals surface area (Å²) >= 11 is 0. The van der Waals surface area contributed by atoms with E-state index in [9.17, 15) is 5.11 Å². The van der Waals surface area contributed by atoms with E-state index in [0.717, 1.165) is 11.3 Å². The molecule has 0 fully saturated rings. The van der Waals surface area contributed by atoms with E-state index in [1.165, 1.54) is 0 Å². The Labute approximate surface area is 126 Å². The molecular formula is C16H26O5. The Hall–Kier alpha value is -1.14. The maximum atomic E-state index is 9.69. The fourth-order valence-corrected chi connectivity index (χ4v) is 1.70. The lowest BCUT2D eigenvalue weighted by atomic mass is 10.1. The highest BCUT2D eigenvalue weighted by Gasteiger charge is 2.04. The van der Waals surface area contributed by atoms with E-state index in [2.05, 4.69) is 0 Å². The van der Waals surface area contributed by atoms with E-state index in [-0.39, 0.29) is 0 Å². The molecule has 0 aromatic heterocycles. The lowest BCUT2D eigenvalue weighted by molar-refractivity contribution is 0.0179. The van der Waals surface area contributed by atoms with Crippen molar-refractivity contribution in [3.05, 3.63) is 29.8 Å². The lowest BCUT2D eigenvalue weighted by Crippen LogP contribution is -2.12. The molecule has 120 valence electrons. The van der Waals surface area contributed by atoms with Crippen molar-refractivity contribution in [2.45, 2.75) is 19.4 Å². The van der Waals surface area contributed by atoms with Crippen LogP contribution >= 0.6 is 0 Å². The molecule has 5 heteroatoms. The Morgan fingerprint density at radius 3 is 2.05 bits per heavy atom. The average Bonchev–Trinajstić information content (AvgIpc) is 2.53. The first-order valence-electron chi connectivity index (χ1n) is 7.33. The van der Waals surface area contributed by atoms with Crippen LogP contribution in [0.3, 0.4) is 0 Å². The summed E-state index contributed by atoms with van der Waals surface area (Å²) in [5.74, 6) is 0.780. The Balaban J connectivity index is 2.05. The first-order chi connectivity index (χ1) is 10.3. The van der Waals surface area contributed by atoms with Gasteiger partial charge in [0.15, 0.2) is 0 Å². The van der Waals surface area contributed by atoms with Crippen molar-refractivity contribution in [3.63, 3.8) is 0 Å². The van der Waals surface area contributed by atoms with Gasteiger partial charge >= 0.3 is 0 Å². The monoisotopic (exact) mass is 298 g/mol. The fourth-order valence-electron chi connectivity index (χ4n) is 1.70. The Bertz CT molecular complexity index is 352. The molecule has 0 aliphatic heterocycles. The van der Waals surface area contributed by atoms with E-state index < -0.39 is 6.10 Å². The van der Waals surface area contributed by atoms with Gasteiger partial charge in [0.2, 0.25) is 0 Å². The SMILES string of the molecule is CCC(O)c1ccc(OCCOCCOCCOC)cc1. The highest BCUT2D eigenvalue weighted by Crippen LogP contribution is 2.19. The van der Waals surface area contributed by atoms with Gasteiger partial charge in [-0.15, -0.1) is 0 Å². The van der Waals surface area contributed by atoms with Crippen LogP contribution in [0.15, 0.2) is 24.3 Å². The molecule has 1 aromatic carbocycles. The number of hydrogen-bond acceptors (Lipinski definition) is 5. The van der Waals surface area contributed by atoms with Gasteiger partial charge in [-0.3, -0.25) is 0 Å². The topological polar surface area (TPSA) is 57.2 Å². The normalized spacial score (nSPS) is 12.3. The van der Waals surface area contributed by atoms with Gasteiger partial charge in [-0.2, -0.15) is 0 Å². The number of aliphatic hydroxyl groups excluding tert-OH is 1. The van der Waals surface area contributed by atoms with E-state index >= 15 is 0 Å². The molecule has 0 amide bonds. The maximum Gasteiger partial charge on any atom is 0.119 e. The predicted molar refractivity (Wildman–Crippen MR) is 80.7 cm³/mol. The third-order valence-electron chi connectivity index (χ3n) is 2.95. The van der Waals surface area contributed by atoms with E-state index in [1.54, 1.807) is 7.11 Å². The van der Waals surface area contributed by atoms with E-state index in [4.69, 9.17) is 18.9 Å². The molecule has 0 saturated heterocycles. The molecule has 0 aliphatic carbocycles. The molecule has 21 heavy (non-hydrogen) atoms. The minimum atomic E-state index is -0.402. The van der Waals surface area contributed by atoms with Gasteiger partial charge in [-0.05, 0) is 24.1 Å². The van der Waals surface area contributed by atoms with Crippen LogP contribution in [0.4, 0.5) is 0 Å². The Kier molecular flexibility index (Phi) is 9.82. The van der Waals surface area contributed by atoms with Gasteiger partial charge in [-0.25, -0.2) is 0 Å². The van der Waals surface area contributed by atoms with Gasteiger partial charge < -0.3 is 24.1 Å². The third kappa shape index (κ3) is 8.02. The molecule has 1 rings (SSSR count). The van der Waals surface area contributed by atoms with Gasteiger partial charge in [0, 0.05) is 7.11 Å². The molecule has 0 aliphatic rings. The summed E-state index contributed by atoms with van der Waals surface area (Å²) in [6.07, 6.45) is 0.307. The molecule has 5 nitrogen and oxygen atoms in total. The Morgan fingerprint density at radius 1 is 0.905 bits per heavy atom. The summed E-state index contributed by atoms with van der Waals surface area (Å²) in [5, 5.41) is 9.69. The van der Waals surface area contributed by atoms with E-state index in [1.807, 2.05) is 31.2 Å². The second kappa shape index (κ2) is 11.5. The summed E-state index contributed by atoms with van der Waals surface area (Å²) in [6.45, 7) is 5.27. The van der Waals surface area contributed by atoms with Crippen molar-refractivity contribution in [2.24, 2.45) is 0 Å². The summed E-state index contributed by atoms with van der Waals surface area (Å²) in [7, 11) is 1.65. The van der Waals surface area contributed by atoms with Gasteiger partial charge in [0.05, 0.1) is 39.1 Å². The summed E-state index contributed by atoms with van der Waals surface area (Å²) in [6, 6.07) is 7.49. The predicted octanol–water partition coefficient (Wildman–Crippen LogP) is 2.19. The smallest absolute Gasteiger partial charge is 0.119 e. The molecule has 0 saturated carbocycles. The number of benzene rings is 1. The number of aliphatic hydroxyl groups is 1. The molecule has 1 aromatic rings. The first kappa shape index (κ1) is 17.9. The molecule has 0 radical (unpaired) electrons. The number of rotatable bonds is 12. The molecule has 1 unspecified atom stereocenters. The largest absolute Gasteiger partial charge is 0.491 e. The van der Waals surface area contributed by atoms with Gasteiger partial charge in [0.25, 0.3) is 0 Å². The van der Waals surface area contributed by atoms with Crippen LogP contribution in [0.25, 0.3) is 0 Å². The first-order valence-corrected chi connectivity index (χ1v) is 7.33. The van der Waals surface area contributed by atoms with E-state index in [0.29, 0.717) is 46.1 Å². The van der Waals surface area contributed by atoms with Crippen LogP contribution in [-0.2, 0) is 14.2 Å². The van der Waals surface area contributed by atoms with Crippen LogP contribution in [-0.4, -0.2) is 51.9 Å². The lowest BCUT2D eigenvalue weighted by Gasteiger charge is -2.10.